The number of aliphatic imine (C=N–C) groups is 1. The number of nitrogens with zero attached hydrogens (tertiary/aromatic N) is 1. The first-order valence-corrected chi connectivity index (χ1v) is 2.68. The molecule has 0 aromatic carbocycles. The predicted octanol–water partition coefficient (Wildman–Crippen LogP) is 2.05. The van der Waals surface area contributed by atoms with Gasteiger partial charge >= 0.3 is 0 Å². The van der Waals surface area contributed by atoms with Gasteiger partial charge in [0.05, 0.1) is 0 Å². The number of halogens is 1. The molecule has 0 amide bonds. The molecule has 0 unspecified atom stereocenters. The smallest absolute Gasteiger partial charge is 0.211 e. The van der Waals surface area contributed by atoms with Gasteiger partial charge in [0.1, 0.15) is 0 Å². The van der Waals surface area contributed by atoms with Crippen LogP contribution in [0.15, 0.2) is 16.5 Å². The molecule has 1 nitrogen and oxygen atoms in total. The molecule has 0 fully saturated rings. The van der Waals surface area contributed by atoms with Gasteiger partial charge in [0, 0.05) is 6.21 Å². The second-order valence-corrected chi connectivity index (χ2v) is 1.92. The van der Waals surface area contributed by atoms with Crippen molar-refractivity contribution in [3.63, 3.8) is 0 Å². The summed E-state index contributed by atoms with van der Waals surface area (Å²) in [6.45, 7) is 1.77. The fourth-order valence-electron chi connectivity index (χ4n) is 0.639. The van der Waals surface area contributed by atoms with Crippen molar-refractivity contribution in [3.05, 3.63) is 11.5 Å². The zero-order chi connectivity index (χ0) is 5.98. The average molecular weight is 113 g/mol. The second-order valence-electron chi connectivity index (χ2n) is 1.92. The van der Waals surface area contributed by atoms with Crippen LogP contribution in [0.4, 0.5) is 4.39 Å². The molecular formula is C6H8FN. The lowest BCUT2D eigenvalue weighted by Crippen LogP contribution is -1.89. The first kappa shape index (κ1) is 5.48. The zero-order valence-corrected chi connectivity index (χ0v) is 4.82. The van der Waals surface area contributed by atoms with E-state index in [2.05, 4.69) is 4.99 Å². The Labute approximate surface area is 47.9 Å². The summed E-state index contributed by atoms with van der Waals surface area (Å²) < 4.78 is 12.3. The van der Waals surface area contributed by atoms with Crippen molar-refractivity contribution in [3.8, 4) is 0 Å². The van der Waals surface area contributed by atoms with Gasteiger partial charge in [0.2, 0.25) is 5.95 Å². The molecule has 0 spiro atoms. The molecule has 0 aromatic rings. The Morgan fingerprint density at radius 3 is 2.88 bits per heavy atom. The molecule has 0 aliphatic carbocycles. The zero-order valence-electron chi connectivity index (χ0n) is 4.82. The Morgan fingerprint density at radius 1 is 1.75 bits per heavy atom. The summed E-state index contributed by atoms with van der Waals surface area (Å²) in [6, 6.07) is 0. The summed E-state index contributed by atoms with van der Waals surface area (Å²) in [4.78, 5) is 3.50. The van der Waals surface area contributed by atoms with Gasteiger partial charge in [-0.25, -0.2) is 4.99 Å². The van der Waals surface area contributed by atoms with Crippen LogP contribution in [0.5, 0.6) is 0 Å². The number of allylic oxidation sites excluding steroid dienone is 1. The van der Waals surface area contributed by atoms with Crippen LogP contribution in [-0.4, -0.2) is 6.21 Å². The summed E-state index contributed by atoms with van der Waals surface area (Å²) in [7, 11) is 0. The van der Waals surface area contributed by atoms with Crippen LogP contribution in [0.2, 0.25) is 0 Å². The van der Waals surface area contributed by atoms with Crippen molar-refractivity contribution in [2.75, 3.05) is 0 Å². The Balaban J connectivity index is 2.76. The minimum absolute atomic E-state index is 0.295. The van der Waals surface area contributed by atoms with E-state index in [0.29, 0.717) is 0 Å². The lowest BCUT2D eigenvalue weighted by atomic mass is 10.1. The van der Waals surface area contributed by atoms with E-state index in [1.54, 1.807) is 13.1 Å². The third kappa shape index (κ3) is 0.941. The molecule has 0 aromatic heterocycles. The van der Waals surface area contributed by atoms with Crippen LogP contribution >= 0.6 is 0 Å². The highest BCUT2D eigenvalue weighted by Gasteiger charge is 2.01. The van der Waals surface area contributed by atoms with Crippen molar-refractivity contribution >= 4 is 6.21 Å². The van der Waals surface area contributed by atoms with Crippen molar-refractivity contribution in [1.82, 2.24) is 0 Å². The summed E-state index contributed by atoms with van der Waals surface area (Å²) in [5, 5.41) is 0. The van der Waals surface area contributed by atoms with Gasteiger partial charge in [-0.15, -0.1) is 0 Å². The second kappa shape index (κ2) is 2.07. The quantitative estimate of drug-likeness (QED) is 0.426. The van der Waals surface area contributed by atoms with Crippen molar-refractivity contribution in [2.45, 2.75) is 19.8 Å². The maximum absolute atomic E-state index is 12.3. The molecule has 1 aliphatic rings. The molecule has 44 valence electrons. The molecule has 1 aliphatic heterocycles. The van der Waals surface area contributed by atoms with Crippen molar-refractivity contribution in [2.24, 2.45) is 4.99 Å². The summed E-state index contributed by atoms with van der Waals surface area (Å²) >= 11 is 0. The van der Waals surface area contributed by atoms with Gasteiger partial charge in [-0.05, 0) is 25.3 Å². The van der Waals surface area contributed by atoms with E-state index in [0.717, 1.165) is 18.4 Å². The van der Waals surface area contributed by atoms with E-state index >= 15 is 0 Å². The molecule has 0 saturated carbocycles. The van der Waals surface area contributed by atoms with Gasteiger partial charge in [0.25, 0.3) is 0 Å². The number of hydrogen-bond donors (Lipinski definition) is 0. The first-order chi connectivity index (χ1) is 3.80. The van der Waals surface area contributed by atoms with Gasteiger partial charge in [-0.2, -0.15) is 4.39 Å². The van der Waals surface area contributed by atoms with Crippen LogP contribution in [0.3, 0.4) is 0 Å². The fourth-order valence-corrected chi connectivity index (χ4v) is 0.639. The van der Waals surface area contributed by atoms with Gasteiger partial charge in [-0.1, -0.05) is 0 Å². The Hall–Kier alpha value is -0.660. The minimum Gasteiger partial charge on any atom is -0.233 e. The first-order valence-electron chi connectivity index (χ1n) is 2.68. The van der Waals surface area contributed by atoms with E-state index in [9.17, 15) is 4.39 Å². The van der Waals surface area contributed by atoms with Gasteiger partial charge in [0.15, 0.2) is 0 Å². The minimum atomic E-state index is -0.295. The molecule has 0 radical (unpaired) electrons. The van der Waals surface area contributed by atoms with Crippen LogP contribution in [-0.2, 0) is 0 Å². The van der Waals surface area contributed by atoms with Gasteiger partial charge in [-0.3, -0.25) is 0 Å². The monoisotopic (exact) mass is 113 g/mol. The molecule has 0 saturated heterocycles. The summed E-state index contributed by atoms with van der Waals surface area (Å²) in [6.07, 6.45) is 3.33. The van der Waals surface area contributed by atoms with Crippen LogP contribution in [0.1, 0.15) is 19.8 Å². The fraction of sp³-hybridized carbons (Fsp3) is 0.500. The topological polar surface area (TPSA) is 12.4 Å². The number of rotatable bonds is 0. The Kier molecular flexibility index (Phi) is 1.42. The maximum Gasteiger partial charge on any atom is 0.211 e. The van der Waals surface area contributed by atoms with E-state index in [1.807, 2.05) is 0 Å². The Bertz CT molecular complexity index is 147. The standard InChI is InChI=1S/C6H8FN/c1-5-3-2-4-8-6(5)7/h4H,2-3H2,1H3. The van der Waals surface area contributed by atoms with Gasteiger partial charge < -0.3 is 0 Å². The lowest BCUT2D eigenvalue weighted by molar-refractivity contribution is 0.602. The van der Waals surface area contributed by atoms with E-state index in [4.69, 9.17) is 0 Å². The molecule has 0 bridgehead atoms. The highest BCUT2D eigenvalue weighted by atomic mass is 19.1. The molecule has 0 atom stereocenters. The highest BCUT2D eigenvalue weighted by molar-refractivity contribution is 5.60. The summed E-state index contributed by atoms with van der Waals surface area (Å²) in [5.41, 5.74) is 0.771. The average Bonchev–Trinajstić information content (AvgIpc) is 1.77. The lowest BCUT2D eigenvalue weighted by Gasteiger charge is -2.01. The van der Waals surface area contributed by atoms with Crippen LogP contribution in [0.25, 0.3) is 0 Å². The predicted molar refractivity (Wildman–Crippen MR) is 31.5 cm³/mol. The maximum atomic E-state index is 12.3. The third-order valence-corrected chi connectivity index (χ3v) is 1.21. The molecule has 1 heterocycles. The van der Waals surface area contributed by atoms with Crippen molar-refractivity contribution < 1.29 is 4.39 Å². The van der Waals surface area contributed by atoms with E-state index in [1.165, 1.54) is 0 Å². The molecule has 2 heteroatoms. The molecular weight excluding hydrogens is 105 g/mol. The van der Waals surface area contributed by atoms with E-state index in [-0.39, 0.29) is 5.95 Å². The molecule has 8 heavy (non-hydrogen) atoms. The van der Waals surface area contributed by atoms with Crippen LogP contribution < -0.4 is 0 Å². The Morgan fingerprint density at radius 2 is 2.50 bits per heavy atom. The molecule has 1 rings (SSSR count). The third-order valence-electron chi connectivity index (χ3n) is 1.21. The summed E-state index contributed by atoms with van der Waals surface area (Å²) in [5.74, 6) is -0.295. The SMILES string of the molecule is CC1=C(F)N=CCC1. The number of hydrogen-bond acceptors (Lipinski definition) is 1. The molecule has 0 N–H and O–H groups in total. The van der Waals surface area contributed by atoms with Crippen LogP contribution in [0, 0.1) is 0 Å². The normalized spacial score (nSPS) is 19.8. The van der Waals surface area contributed by atoms with E-state index < -0.39 is 0 Å². The largest absolute Gasteiger partial charge is 0.233 e. The highest BCUT2D eigenvalue weighted by Crippen LogP contribution is 2.15. The van der Waals surface area contributed by atoms with Crippen molar-refractivity contribution in [1.29, 1.82) is 0 Å².